The molecular weight excluding hydrogens is 1130 g/mol. The summed E-state index contributed by atoms with van der Waals surface area (Å²) in [4.78, 5) is 49.6. The lowest BCUT2D eigenvalue weighted by Gasteiger charge is -2.12. The molecule has 9 rings (SSSR count). The van der Waals surface area contributed by atoms with Crippen molar-refractivity contribution in [3.63, 3.8) is 0 Å². The number of nitrogens with two attached hydrogens (primary N) is 2. The van der Waals surface area contributed by atoms with Gasteiger partial charge in [0.05, 0.1) is 56.1 Å². The van der Waals surface area contributed by atoms with E-state index in [9.17, 15) is 24.5 Å². The van der Waals surface area contributed by atoms with Gasteiger partial charge in [0.2, 0.25) is 0 Å². The number of nitrogens with zero attached hydrogens (tertiary/aromatic N) is 1. The van der Waals surface area contributed by atoms with Gasteiger partial charge in [0, 0.05) is 64.2 Å². The zero-order valence-electron chi connectivity index (χ0n) is 50.7. The molecule has 0 saturated heterocycles. The van der Waals surface area contributed by atoms with Gasteiger partial charge in [-0.1, -0.05) is 92.9 Å². The fourth-order valence-electron chi connectivity index (χ4n) is 9.05. The predicted octanol–water partition coefficient (Wildman–Crippen LogP) is 15.9. The van der Waals surface area contributed by atoms with Gasteiger partial charge in [0.25, 0.3) is 23.4 Å². The number of anilines is 7. The van der Waals surface area contributed by atoms with E-state index >= 15 is 0 Å². The quantitative estimate of drug-likeness (QED) is 0.0169. The van der Waals surface area contributed by atoms with E-state index in [2.05, 4.69) is 40.4 Å². The molecule has 88 heavy (non-hydrogen) atoms. The number of benzene rings is 8. The normalized spacial score (nSPS) is 10.4. The van der Waals surface area contributed by atoms with Crippen LogP contribution in [0.15, 0.2) is 181 Å². The summed E-state index contributed by atoms with van der Waals surface area (Å²) in [7, 11) is 6.39. The molecule has 17 nitrogen and oxygen atoms in total. The minimum Gasteiger partial charge on any atom is -0.493 e. The Morgan fingerprint density at radius 1 is 0.489 bits per heavy atom. The van der Waals surface area contributed by atoms with Crippen molar-refractivity contribution < 1.29 is 38.3 Å². The van der Waals surface area contributed by atoms with E-state index in [1.165, 1.54) is 28.5 Å². The van der Waals surface area contributed by atoms with Gasteiger partial charge >= 0.3 is 0 Å². The number of ether oxygens (including phenoxy) is 4. The number of nitrogen functional groups attached to an aromatic ring is 2. The smallest absolute Gasteiger partial charge is 0.293 e. The molecule has 0 aliphatic rings. The first-order valence-electron chi connectivity index (χ1n) is 28.8. The van der Waals surface area contributed by atoms with Gasteiger partial charge in [-0.3, -0.25) is 24.5 Å². The number of unbranched alkanes of at least 4 members (excludes halogenated alkanes) is 2. The number of nitrogens with one attached hydrogen (secondary N) is 5. The molecule has 0 fully saturated rings. The molecule has 9 aromatic rings. The average molecular weight is 1210 g/mol. The van der Waals surface area contributed by atoms with Crippen LogP contribution in [0.25, 0.3) is 10.4 Å². The standard InChI is InChI=1S/C26H23N3O5S.C26H31N3O3.C18H22N2O/c1-33-23-12-10-20(15-24(23)34-2)27-16-17-5-7-18(8-6-17)26(30)28-21-11-9-19(14-22(21)29(31)32)25-4-3-13-35-25;1-4-5-6-18-9-13-23(22(27)15-18)29-26(30)20-10-7-19(8-11-20)17-28-21-12-14-24(31-2)25(16-21)32-3;1-3-4-5-14-8-11-17(16(19)12-14)20-18(21)15-9-6-13(2)7-10-15/h3-15,27H,16H2,1-2H3,(H,28,30);7-16,28H,4-6,17,27H2,1-3H3,(H,29,30);6-12H,3-5,19H2,1-2H3,(H,20,21). The zero-order valence-corrected chi connectivity index (χ0v) is 51.5. The third-order valence-corrected chi connectivity index (χ3v) is 15.0. The molecule has 456 valence electrons. The molecule has 0 aliphatic heterocycles. The van der Waals surface area contributed by atoms with Crippen LogP contribution in [0, 0.1) is 17.0 Å². The Balaban J connectivity index is 0.000000194. The summed E-state index contributed by atoms with van der Waals surface area (Å²) in [5.74, 6) is 1.89. The van der Waals surface area contributed by atoms with E-state index in [0.29, 0.717) is 75.5 Å². The van der Waals surface area contributed by atoms with Gasteiger partial charge in [-0.15, -0.1) is 11.3 Å². The number of nitro benzene ring substituents is 1. The monoisotopic (exact) mass is 1200 g/mol. The second-order valence-electron chi connectivity index (χ2n) is 20.5. The molecule has 1 heterocycles. The number of nitro groups is 1. The molecule has 0 atom stereocenters. The second kappa shape index (κ2) is 32.8. The summed E-state index contributed by atoms with van der Waals surface area (Å²) in [6.45, 7) is 7.47. The highest BCUT2D eigenvalue weighted by atomic mass is 32.1. The third-order valence-electron chi connectivity index (χ3n) is 14.1. The minimum atomic E-state index is -0.490. The average Bonchev–Trinajstić information content (AvgIpc) is 4.04. The van der Waals surface area contributed by atoms with Crippen molar-refractivity contribution in [1.82, 2.24) is 0 Å². The molecule has 8 aromatic carbocycles. The molecule has 0 unspecified atom stereocenters. The first-order chi connectivity index (χ1) is 42.6. The molecule has 0 radical (unpaired) electrons. The van der Waals surface area contributed by atoms with Crippen LogP contribution in [-0.2, 0) is 25.9 Å². The fourth-order valence-corrected chi connectivity index (χ4v) is 9.77. The van der Waals surface area contributed by atoms with Crippen molar-refractivity contribution in [3.8, 4) is 33.4 Å². The Morgan fingerprint density at radius 2 is 0.898 bits per heavy atom. The minimum absolute atomic E-state index is 0.136. The predicted molar refractivity (Wildman–Crippen MR) is 357 cm³/mol. The van der Waals surface area contributed by atoms with Crippen LogP contribution in [0.5, 0.6) is 23.0 Å². The van der Waals surface area contributed by atoms with Crippen LogP contribution < -0.4 is 57.0 Å². The Bertz CT molecular complexity index is 3770. The highest BCUT2D eigenvalue weighted by Gasteiger charge is 2.19. The number of aryl methyl sites for hydroxylation is 3. The first kappa shape index (κ1) is 65.2. The van der Waals surface area contributed by atoms with Gasteiger partial charge in [-0.25, -0.2) is 0 Å². The van der Waals surface area contributed by atoms with E-state index in [0.717, 1.165) is 77.0 Å². The number of hydrogen-bond acceptors (Lipinski definition) is 14. The molecule has 3 amide bonds. The first-order valence-corrected chi connectivity index (χ1v) is 29.7. The van der Waals surface area contributed by atoms with Crippen LogP contribution in [0.4, 0.5) is 45.5 Å². The number of thiophene rings is 1. The molecule has 0 spiro atoms. The summed E-state index contributed by atoms with van der Waals surface area (Å²) >= 11 is 1.49. The third kappa shape index (κ3) is 18.8. The fraction of sp³-hybridized carbons (Fsp3) is 0.214. The summed E-state index contributed by atoms with van der Waals surface area (Å²) in [6, 6.07) is 53.5. The molecule has 18 heteroatoms. The SMILES string of the molecule is CCCCc1ccc(NC(=O)c2ccc(C)cc2)c(N)c1.CCCCc1ccc(NC(=O)c2ccc(CNc3ccc(OC)c(OC)c3)cc2)c(N)c1.COc1ccc(NCc2ccc(C(=O)Nc3ccc(-c4cccs4)cc3[N+](=O)[O-])cc2)cc1OC. The van der Waals surface area contributed by atoms with Crippen molar-refractivity contribution in [1.29, 1.82) is 0 Å². The molecular formula is C70H76N8O9S. The molecule has 0 aliphatic carbocycles. The summed E-state index contributed by atoms with van der Waals surface area (Å²) in [5.41, 5.74) is 24.3. The lowest BCUT2D eigenvalue weighted by molar-refractivity contribution is -0.383. The van der Waals surface area contributed by atoms with E-state index < -0.39 is 10.8 Å². The molecule has 9 N–H and O–H groups in total. The van der Waals surface area contributed by atoms with E-state index in [4.69, 9.17) is 30.4 Å². The summed E-state index contributed by atoms with van der Waals surface area (Å²) in [6.07, 6.45) is 6.58. The lowest BCUT2D eigenvalue weighted by atomic mass is 10.1. The summed E-state index contributed by atoms with van der Waals surface area (Å²) in [5, 5.41) is 28.6. The highest BCUT2D eigenvalue weighted by Crippen LogP contribution is 2.35. The van der Waals surface area contributed by atoms with Crippen LogP contribution >= 0.6 is 11.3 Å². The number of amides is 3. The van der Waals surface area contributed by atoms with Gasteiger partial charge in [-0.2, -0.15) is 0 Å². The van der Waals surface area contributed by atoms with Gasteiger partial charge in [-0.05, 0) is 163 Å². The van der Waals surface area contributed by atoms with Crippen molar-refractivity contribution in [2.75, 3.05) is 66.5 Å². The van der Waals surface area contributed by atoms with Crippen molar-refractivity contribution >= 4 is 74.6 Å². The van der Waals surface area contributed by atoms with Gasteiger partial charge < -0.3 is 57.0 Å². The van der Waals surface area contributed by atoms with Crippen LogP contribution in [0.3, 0.4) is 0 Å². The van der Waals surface area contributed by atoms with Crippen molar-refractivity contribution in [3.05, 3.63) is 236 Å². The maximum atomic E-state index is 12.8. The van der Waals surface area contributed by atoms with E-state index in [-0.39, 0.29) is 23.2 Å². The summed E-state index contributed by atoms with van der Waals surface area (Å²) < 4.78 is 21.2. The maximum Gasteiger partial charge on any atom is 0.293 e. The largest absolute Gasteiger partial charge is 0.493 e. The number of rotatable bonds is 24. The van der Waals surface area contributed by atoms with Crippen molar-refractivity contribution in [2.45, 2.75) is 72.4 Å². The van der Waals surface area contributed by atoms with E-state index in [1.807, 2.05) is 158 Å². The van der Waals surface area contributed by atoms with Crippen LogP contribution in [0.2, 0.25) is 0 Å². The zero-order chi connectivity index (χ0) is 63.0. The molecule has 0 bridgehead atoms. The lowest BCUT2D eigenvalue weighted by Crippen LogP contribution is -2.13. The van der Waals surface area contributed by atoms with Gasteiger partial charge in [0.15, 0.2) is 23.0 Å². The number of hydrogen-bond donors (Lipinski definition) is 7. The topological polar surface area (TPSA) is 243 Å². The maximum absolute atomic E-state index is 12.8. The molecule has 0 saturated carbocycles. The Labute approximate surface area is 518 Å². The highest BCUT2D eigenvalue weighted by molar-refractivity contribution is 7.13. The number of carbonyl (C=O) groups excluding carboxylic acids is 3. The Morgan fingerprint density at radius 3 is 1.28 bits per heavy atom. The second-order valence-corrected chi connectivity index (χ2v) is 21.4. The van der Waals surface area contributed by atoms with E-state index in [1.54, 1.807) is 52.7 Å². The molecule has 1 aromatic heterocycles. The Kier molecular flexibility index (Phi) is 24.3. The number of carbonyl (C=O) groups is 3. The number of methoxy groups -OCH3 is 4. The van der Waals surface area contributed by atoms with Crippen molar-refractivity contribution in [2.24, 2.45) is 0 Å². The van der Waals surface area contributed by atoms with Crippen LogP contribution in [-0.4, -0.2) is 51.1 Å². The van der Waals surface area contributed by atoms with Gasteiger partial charge in [0.1, 0.15) is 5.69 Å². The Hall–Kier alpha value is -10.3. The van der Waals surface area contributed by atoms with Crippen LogP contribution in [0.1, 0.15) is 98.4 Å².